The van der Waals surface area contributed by atoms with Crippen LogP contribution < -0.4 is 11.2 Å². The van der Waals surface area contributed by atoms with Crippen LogP contribution in [0, 0.1) is 0 Å². The SMILES string of the molecule is O=c1c2c(Cl)cc(Cl)cc2n(Cc2ccccc2)c(=O)n1Cc1cccc2ccccc12. The summed E-state index contributed by atoms with van der Waals surface area (Å²) in [7, 11) is 0. The minimum Gasteiger partial charge on any atom is -0.289 e. The third kappa shape index (κ3) is 3.62. The predicted molar refractivity (Wildman–Crippen MR) is 131 cm³/mol. The molecule has 1 heterocycles. The molecule has 0 saturated carbocycles. The average Bonchev–Trinajstić information content (AvgIpc) is 2.79. The summed E-state index contributed by atoms with van der Waals surface area (Å²) in [5.74, 6) is 0. The Morgan fingerprint density at radius 3 is 2.25 bits per heavy atom. The van der Waals surface area contributed by atoms with Gasteiger partial charge in [-0.15, -0.1) is 0 Å². The summed E-state index contributed by atoms with van der Waals surface area (Å²) in [4.78, 5) is 27.1. The molecule has 5 aromatic rings. The fourth-order valence-corrected chi connectivity index (χ4v) is 4.68. The van der Waals surface area contributed by atoms with Gasteiger partial charge in [-0.25, -0.2) is 4.79 Å². The van der Waals surface area contributed by atoms with Crippen LogP contribution in [0.15, 0.2) is 94.5 Å². The van der Waals surface area contributed by atoms with Gasteiger partial charge in [0.15, 0.2) is 0 Å². The van der Waals surface area contributed by atoms with E-state index in [-0.39, 0.29) is 17.0 Å². The zero-order valence-electron chi connectivity index (χ0n) is 17.0. The molecule has 4 nitrogen and oxygen atoms in total. The van der Waals surface area contributed by atoms with Crippen molar-refractivity contribution in [3.63, 3.8) is 0 Å². The Morgan fingerprint density at radius 2 is 1.44 bits per heavy atom. The van der Waals surface area contributed by atoms with E-state index in [1.165, 1.54) is 10.6 Å². The van der Waals surface area contributed by atoms with Crippen LogP contribution in [0.5, 0.6) is 0 Å². The maximum absolute atomic E-state index is 13.6. The molecule has 0 spiro atoms. The second kappa shape index (κ2) is 8.30. The number of fused-ring (bicyclic) bond motifs is 2. The Morgan fingerprint density at radius 1 is 0.719 bits per heavy atom. The van der Waals surface area contributed by atoms with Crippen LogP contribution in [0.4, 0.5) is 0 Å². The number of hydrogen-bond donors (Lipinski definition) is 0. The van der Waals surface area contributed by atoms with Crippen LogP contribution in [0.1, 0.15) is 11.1 Å². The number of benzene rings is 4. The van der Waals surface area contributed by atoms with Crippen molar-refractivity contribution >= 4 is 44.9 Å². The van der Waals surface area contributed by atoms with Gasteiger partial charge in [0, 0.05) is 5.02 Å². The van der Waals surface area contributed by atoms with E-state index in [9.17, 15) is 9.59 Å². The number of hydrogen-bond acceptors (Lipinski definition) is 2. The van der Waals surface area contributed by atoms with Crippen molar-refractivity contribution in [3.8, 4) is 0 Å². The van der Waals surface area contributed by atoms with Gasteiger partial charge in [-0.05, 0) is 34.0 Å². The Balaban J connectivity index is 1.78. The Hall–Kier alpha value is -3.34. The molecule has 0 N–H and O–H groups in total. The van der Waals surface area contributed by atoms with Crippen molar-refractivity contribution in [1.82, 2.24) is 9.13 Å². The van der Waals surface area contributed by atoms with Crippen LogP contribution in [-0.2, 0) is 13.1 Å². The molecule has 158 valence electrons. The fourth-order valence-electron chi connectivity index (χ4n) is 4.11. The summed E-state index contributed by atoms with van der Waals surface area (Å²) in [6.07, 6.45) is 0. The van der Waals surface area contributed by atoms with E-state index in [1.54, 1.807) is 10.6 Å². The van der Waals surface area contributed by atoms with Crippen LogP contribution >= 0.6 is 23.2 Å². The summed E-state index contributed by atoms with van der Waals surface area (Å²) in [6, 6.07) is 26.5. The van der Waals surface area contributed by atoms with Crippen molar-refractivity contribution in [2.45, 2.75) is 13.1 Å². The standard InChI is InChI=1S/C26H18Cl2N2O2/c27-20-13-22(28)24-23(14-20)29(15-17-7-2-1-3-8-17)26(32)30(25(24)31)16-19-11-6-10-18-9-4-5-12-21(18)19/h1-14H,15-16H2. The number of nitrogens with zero attached hydrogens (tertiary/aromatic N) is 2. The molecular weight excluding hydrogens is 443 g/mol. The van der Waals surface area contributed by atoms with E-state index in [4.69, 9.17) is 23.2 Å². The third-order valence-electron chi connectivity index (χ3n) is 5.64. The van der Waals surface area contributed by atoms with Crippen molar-refractivity contribution in [2.24, 2.45) is 0 Å². The van der Waals surface area contributed by atoms with E-state index in [1.807, 2.05) is 72.8 Å². The summed E-state index contributed by atoms with van der Waals surface area (Å²) >= 11 is 12.7. The number of rotatable bonds is 4. The third-order valence-corrected chi connectivity index (χ3v) is 6.15. The highest BCUT2D eigenvalue weighted by Gasteiger charge is 2.18. The highest BCUT2D eigenvalue weighted by molar-refractivity contribution is 6.38. The summed E-state index contributed by atoms with van der Waals surface area (Å²) < 4.78 is 2.82. The summed E-state index contributed by atoms with van der Waals surface area (Å²) in [6.45, 7) is 0.436. The molecule has 6 heteroatoms. The van der Waals surface area contributed by atoms with Gasteiger partial charge >= 0.3 is 5.69 Å². The molecule has 32 heavy (non-hydrogen) atoms. The average molecular weight is 461 g/mol. The van der Waals surface area contributed by atoms with Crippen molar-refractivity contribution < 1.29 is 0 Å². The monoisotopic (exact) mass is 460 g/mol. The molecule has 1 aromatic heterocycles. The van der Waals surface area contributed by atoms with Gasteiger partial charge in [-0.2, -0.15) is 0 Å². The second-order valence-electron chi connectivity index (χ2n) is 7.67. The zero-order chi connectivity index (χ0) is 22.2. The second-order valence-corrected chi connectivity index (χ2v) is 8.51. The molecule has 0 aliphatic heterocycles. The molecular formula is C26H18Cl2N2O2. The Kier molecular flexibility index (Phi) is 5.33. The van der Waals surface area contributed by atoms with E-state index in [2.05, 4.69) is 0 Å². The predicted octanol–water partition coefficient (Wildman–Crippen LogP) is 5.72. The topological polar surface area (TPSA) is 44.0 Å². The lowest BCUT2D eigenvalue weighted by Gasteiger charge is -2.16. The lowest BCUT2D eigenvalue weighted by molar-refractivity contribution is 0.637. The van der Waals surface area contributed by atoms with Gasteiger partial charge in [-0.3, -0.25) is 13.9 Å². The van der Waals surface area contributed by atoms with Gasteiger partial charge in [0.25, 0.3) is 5.56 Å². The molecule has 0 amide bonds. The molecule has 4 aromatic carbocycles. The molecule has 0 fully saturated rings. The van der Waals surface area contributed by atoms with Crippen LogP contribution in [-0.4, -0.2) is 9.13 Å². The van der Waals surface area contributed by atoms with Crippen LogP contribution in [0.25, 0.3) is 21.7 Å². The van der Waals surface area contributed by atoms with Gasteiger partial charge in [-0.1, -0.05) is 96.0 Å². The maximum Gasteiger partial charge on any atom is 0.332 e. The molecule has 0 aliphatic rings. The Bertz CT molecular complexity index is 1580. The first kappa shape index (κ1) is 20.6. The molecule has 0 saturated heterocycles. The molecule has 0 atom stereocenters. The molecule has 0 bridgehead atoms. The van der Waals surface area contributed by atoms with Crippen molar-refractivity contribution in [1.29, 1.82) is 0 Å². The quantitative estimate of drug-likeness (QED) is 0.344. The maximum atomic E-state index is 13.6. The number of halogens is 2. The molecule has 0 aliphatic carbocycles. The first-order valence-electron chi connectivity index (χ1n) is 10.2. The summed E-state index contributed by atoms with van der Waals surface area (Å²) in [5.41, 5.74) is 1.41. The molecule has 0 unspecified atom stereocenters. The first-order valence-corrected chi connectivity index (χ1v) is 10.9. The number of aromatic nitrogens is 2. The van der Waals surface area contributed by atoms with E-state index in [0.29, 0.717) is 17.1 Å². The van der Waals surface area contributed by atoms with E-state index in [0.717, 1.165) is 21.9 Å². The van der Waals surface area contributed by atoms with Crippen molar-refractivity contribution in [2.75, 3.05) is 0 Å². The minimum absolute atomic E-state index is 0.142. The summed E-state index contributed by atoms with van der Waals surface area (Å²) in [5, 5.41) is 2.93. The molecule has 0 radical (unpaired) electrons. The smallest absolute Gasteiger partial charge is 0.289 e. The lowest BCUT2D eigenvalue weighted by atomic mass is 10.0. The lowest BCUT2D eigenvalue weighted by Crippen LogP contribution is -2.40. The van der Waals surface area contributed by atoms with Gasteiger partial charge in [0.1, 0.15) is 0 Å². The molecule has 5 rings (SSSR count). The normalized spacial score (nSPS) is 11.3. The minimum atomic E-state index is -0.427. The van der Waals surface area contributed by atoms with Crippen LogP contribution in [0.3, 0.4) is 0 Å². The van der Waals surface area contributed by atoms with Gasteiger partial charge < -0.3 is 0 Å². The zero-order valence-corrected chi connectivity index (χ0v) is 18.5. The fraction of sp³-hybridized carbons (Fsp3) is 0.0769. The Labute approximate surface area is 193 Å². The highest BCUT2D eigenvalue weighted by Crippen LogP contribution is 2.26. The van der Waals surface area contributed by atoms with Crippen LogP contribution in [0.2, 0.25) is 10.0 Å². The highest BCUT2D eigenvalue weighted by atomic mass is 35.5. The van der Waals surface area contributed by atoms with E-state index < -0.39 is 11.2 Å². The van der Waals surface area contributed by atoms with Gasteiger partial charge in [0.05, 0.1) is 29.0 Å². The van der Waals surface area contributed by atoms with Gasteiger partial charge in [0.2, 0.25) is 0 Å². The van der Waals surface area contributed by atoms with Crippen molar-refractivity contribution in [3.05, 3.63) is 127 Å². The first-order chi connectivity index (χ1) is 15.5. The van der Waals surface area contributed by atoms with E-state index >= 15 is 0 Å². The largest absolute Gasteiger partial charge is 0.332 e.